The molecule has 3 fully saturated rings. The molecule has 5 rings (SSSR count). The minimum atomic E-state index is -2.74. The smallest absolute Gasteiger partial charge is 0.254 e. The molecular formula is C24H29N3O5S. The van der Waals surface area contributed by atoms with E-state index < -0.39 is 16.4 Å². The Bertz CT molecular complexity index is 1060. The van der Waals surface area contributed by atoms with Crippen LogP contribution < -0.4 is 4.31 Å². The van der Waals surface area contributed by atoms with Crippen molar-refractivity contribution in [2.45, 2.75) is 24.9 Å². The molecule has 3 N–H and O–H groups in total. The summed E-state index contributed by atoms with van der Waals surface area (Å²) in [6.45, 7) is 2.40. The lowest BCUT2D eigenvalue weighted by Gasteiger charge is -2.38. The highest BCUT2D eigenvalue weighted by Crippen LogP contribution is 2.51. The average molecular weight is 472 g/mol. The second-order valence-electron chi connectivity index (χ2n) is 9.04. The molecule has 2 aromatic rings. The summed E-state index contributed by atoms with van der Waals surface area (Å²) < 4.78 is 22.2. The Hall–Kier alpha value is -2.59. The summed E-state index contributed by atoms with van der Waals surface area (Å²) in [7, 11) is -2.74. The van der Waals surface area contributed by atoms with Crippen LogP contribution in [0.2, 0.25) is 0 Å². The van der Waals surface area contributed by atoms with Crippen molar-refractivity contribution < 1.29 is 23.8 Å². The first kappa shape index (κ1) is 22.2. The van der Waals surface area contributed by atoms with Crippen LogP contribution in [-0.4, -0.2) is 79.9 Å². The van der Waals surface area contributed by atoms with E-state index in [2.05, 4.69) is 0 Å². The minimum absolute atomic E-state index is 0.0708. The van der Waals surface area contributed by atoms with E-state index in [1.54, 1.807) is 26.2 Å². The van der Waals surface area contributed by atoms with Gasteiger partial charge in [-0.3, -0.25) is 23.0 Å². The number of hydrogen-bond donors (Lipinski definition) is 3. The van der Waals surface area contributed by atoms with Gasteiger partial charge in [-0.1, -0.05) is 24.3 Å². The van der Waals surface area contributed by atoms with E-state index in [9.17, 15) is 23.8 Å². The maximum Gasteiger partial charge on any atom is 0.254 e. The van der Waals surface area contributed by atoms with E-state index >= 15 is 0 Å². The van der Waals surface area contributed by atoms with E-state index in [1.165, 1.54) is 0 Å². The van der Waals surface area contributed by atoms with Gasteiger partial charge in [0.05, 0.1) is 11.4 Å². The molecule has 176 valence electrons. The van der Waals surface area contributed by atoms with Crippen LogP contribution in [0.15, 0.2) is 48.5 Å². The molecule has 2 amide bonds. The molecule has 0 spiro atoms. The number of anilines is 1. The monoisotopic (exact) mass is 471 g/mol. The van der Waals surface area contributed by atoms with Gasteiger partial charge in [0.2, 0.25) is 0 Å². The van der Waals surface area contributed by atoms with Crippen LogP contribution >= 0.6 is 10.8 Å². The Morgan fingerprint density at radius 2 is 1.52 bits per heavy atom. The number of hydrogen-bond acceptors (Lipinski definition) is 6. The van der Waals surface area contributed by atoms with Gasteiger partial charge in [0, 0.05) is 38.3 Å². The van der Waals surface area contributed by atoms with Crippen LogP contribution in [0.3, 0.4) is 0 Å². The van der Waals surface area contributed by atoms with Crippen molar-refractivity contribution in [2.24, 2.45) is 0 Å². The van der Waals surface area contributed by atoms with Gasteiger partial charge in [-0.2, -0.15) is 0 Å². The van der Waals surface area contributed by atoms with Crippen molar-refractivity contribution in [1.82, 2.24) is 9.80 Å². The molecule has 33 heavy (non-hydrogen) atoms. The quantitative estimate of drug-likeness (QED) is 0.633. The lowest BCUT2D eigenvalue weighted by Crippen LogP contribution is -2.53. The standard InChI is InChI=1S/C24H29N3O5S/c28-22(25-12-14-26(15-13-25)23(29)24(30)9-10-24)19-7-5-18(6-8-19)20-3-1-4-21(17-20)27-11-2-16-33(27,31)32/h1,3-8,17,30-32H,2,9-16H2. The largest absolute Gasteiger partial charge is 0.380 e. The second-order valence-corrected chi connectivity index (χ2v) is 11.1. The molecule has 3 aliphatic rings. The van der Waals surface area contributed by atoms with Gasteiger partial charge in [0.25, 0.3) is 11.8 Å². The number of amides is 2. The van der Waals surface area contributed by atoms with Crippen molar-refractivity contribution in [1.29, 1.82) is 0 Å². The van der Waals surface area contributed by atoms with E-state index in [-0.39, 0.29) is 11.8 Å². The highest BCUT2D eigenvalue weighted by Gasteiger charge is 2.50. The van der Waals surface area contributed by atoms with Gasteiger partial charge >= 0.3 is 0 Å². The topological polar surface area (TPSA) is 105 Å². The summed E-state index contributed by atoms with van der Waals surface area (Å²) in [5.41, 5.74) is 2.10. The molecule has 0 bridgehead atoms. The summed E-state index contributed by atoms with van der Waals surface area (Å²) >= 11 is 0. The number of rotatable bonds is 4. The molecule has 8 nitrogen and oxygen atoms in total. The zero-order valence-corrected chi connectivity index (χ0v) is 19.2. The molecule has 0 unspecified atom stereocenters. The van der Waals surface area contributed by atoms with Crippen LogP contribution in [0.4, 0.5) is 5.69 Å². The lowest BCUT2D eigenvalue weighted by atomic mass is 10.0. The molecule has 2 saturated heterocycles. The van der Waals surface area contributed by atoms with E-state index in [4.69, 9.17) is 0 Å². The number of aliphatic hydroxyl groups is 1. The zero-order chi connectivity index (χ0) is 23.2. The molecule has 9 heteroatoms. The first-order valence-electron chi connectivity index (χ1n) is 11.3. The van der Waals surface area contributed by atoms with Crippen molar-refractivity contribution in [2.75, 3.05) is 42.8 Å². The zero-order valence-electron chi connectivity index (χ0n) is 18.4. The normalized spacial score (nSPS) is 22.2. The summed E-state index contributed by atoms with van der Waals surface area (Å²) in [5.74, 6) is 0.118. The summed E-state index contributed by atoms with van der Waals surface area (Å²) in [6.07, 6.45) is 1.81. The summed E-state index contributed by atoms with van der Waals surface area (Å²) in [5, 5.41) is 10.0. The maximum absolute atomic E-state index is 12.9. The van der Waals surface area contributed by atoms with Gasteiger partial charge in [0.1, 0.15) is 5.60 Å². The number of nitrogens with zero attached hydrogens (tertiary/aromatic N) is 3. The predicted molar refractivity (Wildman–Crippen MR) is 128 cm³/mol. The molecule has 2 aliphatic heterocycles. The first-order valence-corrected chi connectivity index (χ1v) is 13.0. The van der Waals surface area contributed by atoms with Crippen molar-refractivity contribution in [3.8, 4) is 11.1 Å². The van der Waals surface area contributed by atoms with Gasteiger partial charge in [0.15, 0.2) is 0 Å². The third-order valence-electron chi connectivity index (χ3n) is 6.71. The summed E-state index contributed by atoms with van der Waals surface area (Å²) in [6, 6.07) is 15.1. The Morgan fingerprint density at radius 3 is 2.12 bits per heavy atom. The lowest BCUT2D eigenvalue weighted by molar-refractivity contribution is -0.143. The molecule has 2 heterocycles. The van der Waals surface area contributed by atoms with E-state index in [1.807, 2.05) is 36.4 Å². The average Bonchev–Trinajstić information content (AvgIpc) is 3.49. The fraction of sp³-hybridized carbons (Fsp3) is 0.417. The highest BCUT2D eigenvalue weighted by molar-refractivity contribution is 8.25. The first-order chi connectivity index (χ1) is 15.8. The molecule has 0 atom stereocenters. The van der Waals surface area contributed by atoms with Crippen molar-refractivity contribution in [3.05, 3.63) is 54.1 Å². The minimum Gasteiger partial charge on any atom is -0.380 e. The van der Waals surface area contributed by atoms with Crippen LogP contribution in [0.5, 0.6) is 0 Å². The molecular weight excluding hydrogens is 442 g/mol. The molecule has 1 aliphatic carbocycles. The fourth-order valence-electron chi connectivity index (χ4n) is 4.52. The molecule has 0 radical (unpaired) electrons. The molecule has 2 aromatic carbocycles. The number of benzene rings is 2. The number of carbonyl (C=O) groups excluding carboxylic acids is 2. The molecule has 0 aromatic heterocycles. The van der Waals surface area contributed by atoms with Crippen molar-refractivity contribution >= 4 is 28.3 Å². The van der Waals surface area contributed by atoms with Crippen LogP contribution in [0.1, 0.15) is 29.6 Å². The van der Waals surface area contributed by atoms with Crippen LogP contribution in [-0.2, 0) is 4.79 Å². The summed E-state index contributed by atoms with van der Waals surface area (Å²) in [4.78, 5) is 28.6. The van der Waals surface area contributed by atoms with Crippen molar-refractivity contribution in [3.63, 3.8) is 0 Å². The maximum atomic E-state index is 12.9. The van der Waals surface area contributed by atoms with E-state index in [0.717, 1.165) is 23.2 Å². The number of carbonyl (C=O) groups is 2. The van der Waals surface area contributed by atoms with E-state index in [0.29, 0.717) is 56.9 Å². The molecule has 1 saturated carbocycles. The number of piperazine rings is 1. The Morgan fingerprint density at radius 1 is 0.848 bits per heavy atom. The van der Waals surface area contributed by atoms with Crippen LogP contribution in [0, 0.1) is 0 Å². The fourth-order valence-corrected chi connectivity index (χ4v) is 6.13. The van der Waals surface area contributed by atoms with Gasteiger partial charge in [-0.15, -0.1) is 10.8 Å². The SMILES string of the molecule is O=C(c1ccc(-c2cccc(N3CCCS3(O)O)c2)cc1)N1CCN(C(=O)C2(O)CC2)CC1. The van der Waals surface area contributed by atoms with Gasteiger partial charge in [-0.25, -0.2) is 0 Å². The Balaban J connectivity index is 1.24. The van der Waals surface area contributed by atoms with Crippen LogP contribution in [0.25, 0.3) is 11.1 Å². The Kier molecular flexibility index (Phi) is 5.60. The van der Waals surface area contributed by atoms with Gasteiger partial charge in [-0.05, 0) is 54.7 Å². The second kappa shape index (κ2) is 8.32. The third-order valence-corrected chi connectivity index (χ3v) is 8.64. The highest BCUT2D eigenvalue weighted by atomic mass is 32.3. The predicted octanol–water partition coefficient (Wildman–Crippen LogP) is 3.04. The van der Waals surface area contributed by atoms with Gasteiger partial charge < -0.3 is 14.9 Å². The Labute approximate surface area is 194 Å². The third kappa shape index (κ3) is 4.33.